The number of nitrogens with zero attached hydrogens (tertiary/aromatic N) is 1. The number of nitrogens with one attached hydrogen (secondary N) is 1. The summed E-state index contributed by atoms with van der Waals surface area (Å²) in [6.07, 6.45) is 3.05. The Morgan fingerprint density at radius 1 is 1.40 bits per heavy atom. The van der Waals surface area contributed by atoms with Crippen LogP contribution in [0.5, 0.6) is 11.5 Å². The van der Waals surface area contributed by atoms with Crippen LogP contribution in [-0.2, 0) is 0 Å². The summed E-state index contributed by atoms with van der Waals surface area (Å²) in [5.41, 5.74) is 0.0146. The van der Waals surface area contributed by atoms with Crippen molar-refractivity contribution in [2.24, 2.45) is 0 Å². The average Bonchev–Trinajstić information content (AvgIpc) is 2.40. The zero-order valence-electron chi connectivity index (χ0n) is 11.8. The lowest BCUT2D eigenvalue weighted by Crippen LogP contribution is -2.47. The first-order valence-electron chi connectivity index (χ1n) is 6.86. The van der Waals surface area contributed by atoms with E-state index in [4.69, 9.17) is 9.47 Å². The molecule has 1 aliphatic rings. The predicted octanol–water partition coefficient (Wildman–Crippen LogP) is 2.51. The van der Waals surface area contributed by atoms with E-state index in [0.29, 0.717) is 17.5 Å². The van der Waals surface area contributed by atoms with Gasteiger partial charge < -0.3 is 14.8 Å². The van der Waals surface area contributed by atoms with Crippen molar-refractivity contribution in [2.75, 3.05) is 13.7 Å². The summed E-state index contributed by atoms with van der Waals surface area (Å²) < 4.78 is 11.0. The van der Waals surface area contributed by atoms with Gasteiger partial charge in [-0.25, -0.2) is 0 Å². The van der Waals surface area contributed by atoms with E-state index in [9.17, 15) is 10.1 Å². The number of ether oxygens (including phenoxy) is 2. The third-order valence-electron chi connectivity index (χ3n) is 3.43. The Balaban J connectivity index is 1.95. The second-order valence-corrected chi connectivity index (χ2v) is 4.95. The fraction of sp³-hybridized carbons (Fsp3) is 0.571. The quantitative estimate of drug-likeness (QED) is 0.613. The molecule has 0 bridgehead atoms. The van der Waals surface area contributed by atoms with E-state index in [1.54, 1.807) is 6.07 Å². The van der Waals surface area contributed by atoms with Crippen LogP contribution < -0.4 is 14.8 Å². The van der Waals surface area contributed by atoms with E-state index in [0.717, 1.165) is 25.8 Å². The molecule has 1 aromatic rings. The maximum Gasteiger partial charge on any atom is 0.273 e. The Morgan fingerprint density at radius 2 is 2.15 bits per heavy atom. The number of nitro benzene ring substituents is 1. The molecular weight excluding hydrogens is 260 g/mol. The standard InChI is InChI=1S/C14H20N2O4/c1-3-6-15-10-7-12(8-10)20-14-9-11(16(17)18)4-5-13(14)19-2/h4-5,9-10,12,15H,3,6-8H2,1-2H3. The molecule has 2 rings (SSSR count). The van der Waals surface area contributed by atoms with Gasteiger partial charge in [-0.15, -0.1) is 0 Å². The molecule has 0 atom stereocenters. The van der Waals surface area contributed by atoms with Crippen LogP contribution in [0.4, 0.5) is 5.69 Å². The Kier molecular flexibility index (Phi) is 4.79. The Bertz CT molecular complexity index is 472. The van der Waals surface area contributed by atoms with E-state index < -0.39 is 4.92 Å². The Morgan fingerprint density at radius 3 is 2.75 bits per heavy atom. The van der Waals surface area contributed by atoms with Crippen LogP contribution in [0.1, 0.15) is 26.2 Å². The number of methoxy groups -OCH3 is 1. The van der Waals surface area contributed by atoms with Gasteiger partial charge in [-0.05, 0) is 31.9 Å². The molecule has 1 fully saturated rings. The van der Waals surface area contributed by atoms with Crippen LogP contribution in [-0.4, -0.2) is 30.7 Å². The molecule has 1 saturated carbocycles. The molecule has 1 aromatic carbocycles. The van der Waals surface area contributed by atoms with E-state index in [-0.39, 0.29) is 11.8 Å². The van der Waals surface area contributed by atoms with Crippen molar-refractivity contribution >= 4 is 5.69 Å². The maximum absolute atomic E-state index is 10.8. The predicted molar refractivity (Wildman–Crippen MR) is 75.4 cm³/mol. The Hall–Kier alpha value is -1.82. The molecular formula is C14H20N2O4. The smallest absolute Gasteiger partial charge is 0.273 e. The van der Waals surface area contributed by atoms with Gasteiger partial charge in [0, 0.05) is 12.1 Å². The molecule has 0 aliphatic heterocycles. The molecule has 0 aromatic heterocycles. The topological polar surface area (TPSA) is 73.6 Å². The van der Waals surface area contributed by atoms with Crippen LogP contribution in [0, 0.1) is 10.1 Å². The minimum Gasteiger partial charge on any atom is -0.493 e. The zero-order valence-corrected chi connectivity index (χ0v) is 11.8. The van der Waals surface area contributed by atoms with Crippen LogP contribution >= 0.6 is 0 Å². The zero-order chi connectivity index (χ0) is 14.5. The summed E-state index contributed by atoms with van der Waals surface area (Å²) in [6, 6.07) is 4.90. The van der Waals surface area contributed by atoms with Gasteiger partial charge in [0.25, 0.3) is 5.69 Å². The molecule has 0 unspecified atom stereocenters. The summed E-state index contributed by atoms with van der Waals surface area (Å²) in [6.45, 7) is 3.14. The first-order valence-corrected chi connectivity index (χ1v) is 6.86. The molecule has 110 valence electrons. The second kappa shape index (κ2) is 6.56. The molecule has 1 N–H and O–H groups in total. The van der Waals surface area contributed by atoms with Gasteiger partial charge in [0.05, 0.1) is 18.1 Å². The third kappa shape index (κ3) is 3.39. The highest BCUT2D eigenvalue weighted by Crippen LogP contribution is 2.35. The minimum absolute atomic E-state index is 0.0146. The summed E-state index contributed by atoms with van der Waals surface area (Å²) in [5.74, 6) is 0.973. The maximum atomic E-state index is 10.8. The fourth-order valence-electron chi connectivity index (χ4n) is 2.23. The molecule has 0 amide bonds. The third-order valence-corrected chi connectivity index (χ3v) is 3.43. The summed E-state index contributed by atoms with van der Waals surface area (Å²) >= 11 is 0. The van der Waals surface area contributed by atoms with Crippen LogP contribution in [0.25, 0.3) is 0 Å². The SMILES string of the molecule is CCCNC1CC(Oc2cc([N+](=O)[O-])ccc2OC)C1. The lowest BCUT2D eigenvalue weighted by atomic mass is 9.89. The first-order chi connectivity index (χ1) is 9.63. The van der Waals surface area contributed by atoms with Gasteiger partial charge >= 0.3 is 0 Å². The van der Waals surface area contributed by atoms with Crippen LogP contribution in [0.2, 0.25) is 0 Å². The van der Waals surface area contributed by atoms with E-state index in [1.807, 2.05) is 0 Å². The highest BCUT2D eigenvalue weighted by Gasteiger charge is 2.31. The normalized spacial score (nSPS) is 21.1. The largest absolute Gasteiger partial charge is 0.493 e. The van der Waals surface area contributed by atoms with Crippen LogP contribution in [0.3, 0.4) is 0 Å². The first kappa shape index (κ1) is 14.6. The number of benzene rings is 1. The molecule has 20 heavy (non-hydrogen) atoms. The van der Waals surface area contributed by atoms with E-state index >= 15 is 0 Å². The van der Waals surface area contributed by atoms with Gasteiger partial charge in [0.15, 0.2) is 11.5 Å². The monoisotopic (exact) mass is 280 g/mol. The molecule has 6 heteroatoms. The van der Waals surface area contributed by atoms with Crippen molar-refractivity contribution in [1.29, 1.82) is 0 Å². The van der Waals surface area contributed by atoms with Crippen molar-refractivity contribution < 1.29 is 14.4 Å². The highest BCUT2D eigenvalue weighted by molar-refractivity contribution is 5.48. The number of rotatable bonds is 7. The van der Waals surface area contributed by atoms with Gasteiger partial charge in [0.2, 0.25) is 0 Å². The average molecular weight is 280 g/mol. The number of hydrogen-bond acceptors (Lipinski definition) is 5. The molecule has 6 nitrogen and oxygen atoms in total. The van der Waals surface area contributed by atoms with Gasteiger partial charge in [-0.2, -0.15) is 0 Å². The van der Waals surface area contributed by atoms with Gasteiger partial charge in [0.1, 0.15) is 6.10 Å². The summed E-state index contributed by atoms with van der Waals surface area (Å²) in [7, 11) is 1.53. The van der Waals surface area contributed by atoms with Crippen molar-refractivity contribution in [3.63, 3.8) is 0 Å². The fourth-order valence-corrected chi connectivity index (χ4v) is 2.23. The minimum atomic E-state index is -0.432. The van der Waals surface area contributed by atoms with Crippen molar-refractivity contribution in [1.82, 2.24) is 5.32 Å². The second-order valence-electron chi connectivity index (χ2n) is 4.95. The summed E-state index contributed by atoms with van der Waals surface area (Å²) in [5, 5.41) is 14.2. The van der Waals surface area contributed by atoms with Crippen molar-refractivity contribution in [3.8, 4) is 11.5 Å². The Labute approximate surface area is 118 Å². The number of non-ortho nitro benzene ring substituents is 1. The van der Waals surface area contributed by atoms with Crippen LogP contribution in [0.15, 0.2) is 18.2 Å². The van der Waals surface area contributed by atoms with Crippen molar-refractivity contribution in [2.45, 2.75) is 38.3 Å². The molecule has 0 saturated heterocycles. The van der Waals surface area contributed by atoms with Gasteiger partial charge in [-0.3, -0.25) is 10.1 Å². The lowest BCUT2D eigenvalue weighted by Gasteiger charge is -2.36. The molecule has 0 radical (unpaired) electrons. The molecule has 0 spiro atoms. The number of nitro groups is 1. The number of hydrogen-bond donors (Lipinski definition) is 1. The lowest BCUT2D eigenvalue weighted by molar-refractivity contribution is -0.385. The highest BCUT2D eigenvalue weighted by atomic mass is 16.6. The van der Waals surface area contributed by atoms with Crippen molar-refractivity contribution in [3.05, 3.63) is 28.3 Å². The summed E-state index contributed by atoms with van der Waals surface area (Å²) in [4.78, 5) is 10.4. The van der Waals surface area contributed by atoms with Gasteiger partial charge in [-0.1, -0.05) is 6.92 Å². The van der Waals surface area contributed by atoms with E-state index in [1.165, 1.54) is 19.2 Å². The molecule has 0 heterocycles. The van der Waals surface area contributed by atoms with E-state index in [2.05, 4.69) is 12.2 Å². The molecule has 1 aliphatic carbocycles.